The van der Waals surface area contributed by atoms with Gasteiger partial charge in [0, 0.05) is 30.2 Å². The number of amides is 1. The number of hydrogen-bond acceptors (Lipinski definition) is 6. The molecule has 8 heteroatoms. The van der Waals surface area contributed by atoms with E-state index in [9.17, 15) is 4.79 Å². The summed E-state index contributed by atoms with van der Waals surface area (Å²) in [6.07, 6.45) is 5.39. The van der Waals surface area contributed by atoms with E-state index in [0.29, 0.717) is 17.5 Å². The molecule has 0 spiro atoms. The maximum atomic E-state index is 13.3. The minimum absolute atomic E-state index is 0.0541. The van der Waals surface area contributed by atoms with Crippen LogP contribution in [0.3, 0.4) is 0 Å². The van der Waals surface area contributed by atoms with Gasteiger partial charge in [-0.1, -0.05) is 30.0 Å². The number of fused-ring (bicyclic) bond motifs is 1. The summed E-state index contributed by atoms with van der Waals surface area (Å²) in [7, 11) is 1.66. The molecule has 4 aromatic rings. The van der Waals surface area contributed by atoms with Gasteiger partial charge in [-0.05, 0) is 67.3 Å². The van der Waals surface area contributed by atoms with E-state index in [4.69, 9.17) is 4.74 Å². The largest absolute Gasteiger partial charge is 0.497 e. The third kappa shape index (κ3) is 4.28. The van der Waals surface area contributed by atoms with Gasteiger partial charge in [-0.2, -0.15) is 0 Å². The zero-order valence-corrected chi connectivity index (χ0v) is 20.0. The molecule has 0 unspecified atom stereocenters. The summed E-state index contributed by atoms with van der Waals surface area (Å²) in [5, 5.41) is 9.59. The molecular formula is C26H25N5O2S. The normalized spacial score (nSPS) is 12.9. The maximum Gasteiger partial charge on any atom is 0.237 e. The lowest BCUT2D eigenvalue weighted by molar-refractivity contribution is -0.116. The van der Waals surface area contributed by atoms with Gasteiger partial charge in [-0.15, -0.1) is 10.2 Å². The standard InChI is InChI=1S/C26H25N5O2S/c1-18-7-3-4-10-22(18)31-25(20-8-5-13-27-16-20)28-29-26(31)34-17-24(32)30-14-6-9-19-15-21(33-2)11-12-23(19)30/h3-5,7-8,10-13,15-16H,6,9,14,17H2,1-2H3. The van der Waals surface area contributed by atoms with Crippen LogP contribution in [0.15, 0.2) is 72.1 Å². The molecule has 0 N–H and O–H groups in total. The highest BCUT2D eigenvalue weighted by Gasteiger charge is 2.25. The van der Waals surface area contributed by atoms with E-state index < -0.39 is 0 Å². The Hall–Kier alpha value is -3.65. The summed E-state index contributed by atoms with van der Waals surface area (Å²) in [5.74, 6) is 1.84. The Morgan fingerprint density at radius 2 is 1.97 bits per heavy atom. The van der Waals surface area contributed by atoms with Crippen molar-refractivity contribution in [2.24, 2.45) is 0 Å². The molecule has 0 aliphatic carbocycles. The van der Waals surface area contributed by atoms with Gasteiger partial charge in [-0.3, -0.25) is 14.3 Å². The monoisotopic (exact) mass is 471 g/mol. The Balaban J connectivity index is 1.43. The number of rotatable bonds is 6. The van der Waals surface area contributed by atoms with E-state index in [1.807, 2.05) is 58.0 Å². The fourth-order valence-electron chi connectivity index (χ4n) is 4.24. The number of nitrogens with zero attached hydrogens (tertiary/aromatic N) is 5. The Bertz CT molecular complexity index is 1320. The van der Waals surface area contributed by atoms with Crippen molar-refractivity contribution in [1.29, 1.82) is 0 Å². The lowest BCUT2D eigenvalue weighted by Gasteiger charge is -2.29. The van der Waals surface area contributed by atoms with Gasteiger partial charge in [0.05, 0.1) is 18.6 Å². The van der Waals surface area contributed by atoms with E-state index in [2.05, 4.69) is 28.2 Å². The van der Waals surface area contributed by atoms with E-state index in [0.717, 1.165) is 46.7 Å². The molecule has 1 aliphatic rings. The SMILES string of the molecule is COc1ccc2c(c1)CCCN2C(=O)CSc1nnc(-c2cccnc2)n1-c1ccccc1C. The first kappa shape index (κ1) is 22.2. The van der Waals surface area contributed by atoms with Crippen molar-refractivity contribution in [2.75, 3.05) is 24.3 Å². The van der Waals surface area contributed by atoms with E-state index in [1.54, 1.807) is 19.5 Å². The molecule has 0 saturated heterocycles. The summed E-state index contributed by atoms with van der Waals surface area (Å²) < 4.78 is 7.37. The smallest absolute Gasteiger partial charge is 0.237 e. The molecule has 1 amide bonds. The first-order valence-electron chi connectivity index (χ1n) is 11.2. The zero-order valence-electron chi connectivity index (χ0n) is 19.1. The number of para-hydroxylation sites is 1. The van der Waals surface area contributed by atoms with E-state index in [1.165, 1.54) is 11.8 Å². The second kappa shape index (κ2) is 9.69. The molecule has 34 heavy (non-hydrogen) atoms. The lowest BCUT2D eigenvalue weighted by Crippen LogP contribution is -2.36. The van der Waals surface area contributed by atoms with Crippen LogP contribution < -0.4 is 9.64 Å². The lowest BCUT2D eigenvalue weighted by atomic mass is 10.0. The Kier molecular flexibility index (Phi) is 6.31. The second-order valence-corrected chi connectivity index (χ2v) is 9.04. The number of thioether (sulfide) groups is 1. The highest BCUT2D eigenvalue weighted by molar-refractivity contribution is 7.99. The van der Waals surface area contributed by atoms with Gasteiger partial charge in [0.25, 0.3) is 0 Å². The molecule has 1 aliphatic heterocycles. The number of anilines is 1. The molecule has 7 nitrogen and oxygen atoms in total. The van der Waals surface area contributed by atoms with Crippen LogP contribution in [-0.2, 0) is 11.2 Å². The highest BCUT2D eigenvalue weighted by atomic mass is 32.2. The Morgan fingerprint density at radius 1 is 1.09 bits per heavy atom. The van der Waals surface area contributed by atoms with Crippen LogP contribution in [0.1, 0.15) is 17.5 Å². The van der Waals surface area contributed by atoms with Crippen LogP contribution in [0.5, 0.6) is 5.75 Å². The zero-order chi connectivity index (χ0) is 23.5. The van der Waals surface area contributed by atoms with Crippen LogP contribution in [0, 0.1) is 6.92 Å². The molecule has 172 valence electrons. The summed E-state index contributed by atoms with van der Waals surface area (Å²) in [5.41, 5.74) is 5.06. The predicted molar refractivity (Wildman–Crippen MR) is 134 cm³/mol. The van der Waals surface area contributed by atoms with Crippen molar-refractivity contribution in [3.05, 3.63) is 78.1 Å². The third-order valence-electron chi connectivity index (χ3n) is 5.94. The number of pyridine rings is 1. The minimum Gasteiger partial charge on any atom is -0.497 e. The van der Waals surface area contributed by atoms with Crippen LogP contribution >= 0.6 is 11.8 Å². The number of aromatic nitrogens is 4. The molecule has 2 aromatic heterocycles. The quantitative estimate of drug-likeness (QED) is 0.379. The summed E-state index contributed by atoms with van der Waals surface area (Å²) in [6.45, 7) is 2.77. The number of methoxy groups -OCH3 is 1. The number of hydrogen-bond donors (Lipinski definition) is 0. The highest BCUT2D eigenvalue weighted by Crippen LogP contribution is 2.33. The first-order chi connectivity index (χ1) is 16.7. The molecule has 0 atom stereocenters. The van der Waals surface area contributed by atoms with Crippen molar-refractivity contribution in [1.82, 2.24) is 19.7 Å². The van der Waals surface area contributed by atoms with Crippen LogP contribution in [-0.4, -0.2) is 45.1 Å². The Labute approximate surface area is 202 Å². The summed E-state index contributed by atoms with van der Waals surface area (Å²) in [4.78, 5) is 19.4. The average Bonchev–Trinajstić information content (AvgIpc) is 3.31. The van der Waals surface area contributed by atoms with E-state index in [-0.39, 0.29) is 11.7 Å². The van der Waals surface area contributed by atoms with Crippen LogP contribution in [0.25, 0.3) is 17.1 Å². The van der Waals surface area contributed by atoms with Crippen LogP contribution in [0.2, 0.25) is 0 Å². The Morgan fingerprint density at radius 3 is 2.76 bits per heavy atom. The van der Waals surface area contributed by atoms with E-state index >= 15 is 0 Å². The number of ether oxygens (including phenoxy) is 1. The van der Waals surface area contributed by atoms with Crippen molar-refractivity contribution < 1.29 is 9.53 Å². The first-order valence-corrected chi connectivity index (χ1v) is 12.2. The van der Waals surface area contributed by atoms with Gasteiger partial charge in [0.2, 0.25) is 5.91 Å². The second-order valence-electron chi connectivity index (χ2n) is 8.10. The van der Waals surface area contributed by atoms with Crippen molar-refractivity contribution in [2.45, 2.75) is 24.9 Å². The van der Waals surface area contributed by atoms with Crippen molar-refractivity contribution >= 4 is 23.4 Å². The van der Waals surface area contributed by atoms with Gasteiger partial charge in [0.15, 0.2) is 11.0 Å². The molecule has 0 radical (unpaired) electrons. The topological polar surface area (TPSA) is 73.1 Å². The molecule has 0 saturated carbocycles. The van der Waals surface area contributed by atoms with Crippen molar-refractivity contribution in [3.63, 3.8) is 0 Å². The number of carbonyl (C=O) groups is 1. The van der Waals surface area contributed by atoms with Gasteiger partial charge >= 0.3 is 0 Å². The fraction of sp³-hybridized carbons (Fsp3) is 0.231. The average molecular weight is 472 g/mol. The summed E-state index contributed by atoms with van der Waals surface area (Å²) >= 11 is 1.40. The summed E-state index contributed by atoms with van der Waals surface area (Å²) in [6, 6.07) is 17.9. The molecule has 0 bridgehead atoms. The minimum atomic E-state index is 0.0541. The molecule has 5 rings (SSSR count). The number of carbonyl (C=O) groups excluding carboxylic acids is 1. The van der Waals surface area contributed by atoms with Crippen molar-refractivity contribution in [3.8, 4) is 22.8 Å². The third-order valence-corrected chi connectivity index (χ3v) is 6.85. The molecular weight excluding hydrogens is 446 g/mol. The molecule has 3 heterocycles. The van der Waals surface area contributed by atoms with Gasteiger partial charge in [0.1, 0.15) is 5.75 Å². The fourth-order valence-corrected chi connectivity index (χ4v) is 5.06. The number of benzene rings is 2. The molecule has 2 aromatic carbocycles. The molecule has 0 fully saturated rings. The van der Waals surface area contributed by atoms with Gasteiger partial charge in [-0.25, -0.2) is 0 Å². The van der Waals surface area contributed by atoms with Gasteiger partial charge < -0.3 is 9.64 Å². The number of aryl methyl sites for hydroxylation is 2. The van der Waals surface area contributed by atoms with Crippen LogP contribution in [0.4, 0.5) is 5.69 Å². The predicted octanol–water partition coefficient (Wildman–Crippen LogP) is 4.72. The maximum absolute atomic E-state index is 13.3.